The highest BCUT2D eigenvalue weighted by atomic mass is 16.5. The molecule has 6 nitrogen and oxygen atoms in total. The van der Waals surface area contributed by atoms with Crippen molar-refractivity contribution in [2.45, 2.75) is 25.0 Å². The zero-order chi connectivity index (χ0) is 10.8. The van der Waals surface area contributed by atoms with Gasteiger partial charge in [0.25, 0.3) is 0 Å². The molecule has 0 amide bonds. The first-order valence-corrected chi connectivity index (χ1v) is 4.85. The van der Waals surface area contributed by atoms with E-state index in [2.05, 4.69) is 9.97 Å². The van der Waals surface area contributed by atoms with Crippen LogP contribution in [0.2, 0.25) is 0 Å². The first-order chi connectivity index (χ1) is 7.20. The van der Waals surface area contributed by atoms with E-state index in [1.165, 1.54) is 0 Å². The summed E-state index contributed by atoms with van der Waals surface area (Å²) < 4.78 is 5.57. The monoisotopic (exact) mass is 210 g/mol. The van der Waals surface area contributed by atoms with Crippen molar-refractivity contribution in [1.29, 1.82) is 0 Å². The smallest absolute Gasteiger partial charge is 0.221 e. The second-order valence-corrected chi connectivity index (χ2v) is 3.58. The number of hydrogen-bond acceptors (Lipinski definition) is 6. The van der Waals surface area contributed by atoms with Crippen LogP contribution in [0, 0.1) is 0 Å². The van der Waals surface area contributed by atoms with Gasteiger partial charge in [0.05, 0.1) is 18.8 Å². The highest BCUT2D eigenvalue weighted by Gasteiger charge is 2.27. The van der Waals surface area contributed by atoms with E-state index in [-0.39, 0.29) is 24.8 Å². The summed E-state index contributed by atoms with van der Waals surface area (Å²) in [6, 6.07) is 0. The summed E-state index contributed by atoms with van der Waals surface area (Å²) in [5.74, 6) is 0.513. The van der Waals surface area contributed by atoms with E-state index >= 15 is 0 Å². The molecule has 2 rings (SSSR count). The summed E-state index contributed by atoms with van der Waals surface area (Å²) in [5.41, 5.74) is 11.9. The van der Waals surface area contributed by atoms with Gasteiger partial charge in [0, 0.05) is 11.8 Å². The molecule has 6 heteroatoms. The van der Waals surface area contributed by atoms with Crippen molar-refractivity contribution in [3.05, 3.63) is 11.8 Å². The second-order valence-electron chi connectivity index (χ2n) is 3.58. The zero-order valence-corrected chi connectivity index (χ0v) is 8.26. The summed E-state index contributed by atoms with van der Waals surface area (Å²) >= 11 is 0. The molecular formula is C9H14N4O2. The molecule has 1 aliphatic rings. The number of rotatable bonds is 2. The van der Waals surface area contributed by atoms with E-state index in [0.717, 1.165) is 18.4 Å². The van der Waals surface area contributed by atoms with E-state index in [9.17, 15) is 0 Å². The molecule has 0 saturated carbocycles. The predicted molar refractivity (Wildman–Crippen MR) is 54.8 cm³/mol. The second kappa shape index (κ2) is 4.00. The van der Waals surface area contributed by atoms with Crippen LogP contribution in [0.25, 0.3) is 0 Å². The predicted octanol–water partition coefficient (Wildman–Crippen LogP) is -0.147. The molecule has 1 aromatic rings. The quantitative estimate of drug-likeness (QED) is 0.626. The van der Waals surface area contributed by atoms with E-state index < -0.39 is 0 Å². The number of ether oxygens (including phenoxy) is 1. The summed E-state index contributed by atoms with van der Waals surface area (Å²) in [6.45, 7) is 0.0340. The molecule has 1 aromatic heterocycles. The lowest BCUT2D eigenvalue weighted by molar-refractivity contribution is 0.0110. The van der Waals surface area contributed by atoms with Gasteiger partial charge in [-0.25, -0.2) is 4.98 Å². The minimum absolute atomic E-state index is 0.0340. The van der Waals surface area contributed by atoms with Crippen LogP contribution in [0.4, 0.5) is 11.8 Å². The lowest BCUT2D eigenvalue weighted by Gasteiger charge is -2.13. The largest absolute Gasteiger partial charge is 0.394 e. The topological polar surface area (TPSA) is 107 Å². The van der Waals surface area contributed by atoms with Gasteiger partial charge in [0.2, 0.25) is 5.95 Å². The van der Waals surface area contributed by atoms with E-state index in [0.29, 0.717) is 5.82 Å². The standard InChI is InChI=1S/C9H14N4O2/c10-8-6(3-12-9(11)13-8)7-2-1-5(4-14)15-7/h3,5,7,14H,1-2,4H2,(H4,10,11,12,13)/t5-,7+/m0/s1. The van der Waals surface area contributed by atoms with E-state index in [1.807, 2.05) is 0 Å². The molecule has 0 bridgehead atoms. The highest BCUT2D eigenvalue weighted by molar-refractivity contribution is 5.43. The van der Waals surface area contributed by atoms with E-state index in [1.54, 1.807) is 6.20 Å². The third kappa shape index (κ3) is 2.00. The van der Waals surface area contributed by atoms with Crippen LogP contribution >= 0.6 is 0 Å². The summed E-state index contributed by atoms with van der Waals surface area (Å²) in [4.78, 5) is 7.75. The maximum Gasteiger partial charge on any atom is 0.221 e. The average Bonchev–Trinajstić information content (AvgIpc) is 2.66. The van der Waals surface area contributed by atoms with Crippen molar-refractivity contribution in [1.82, 2.24) is 9.97 Å². The fourth-order valence-electron chi connectivity index (χ4n) is 1.74. The normalized spacial score (nSPS) is 25.7. The van der Waals surface area contributed by atoms with Crippen LogP contribution in [0.15, 0.2) is 6.20 Å². The average molecular weight is 210 g/mol. The molecule has 2 heterocycles. The number of nitrogen functional groups attached to an aromatic ring is 2. The lowest BCUT2D eigenvalue weighted by atomic mass is 10.1. The Morgan fingerprint density at radius 2 is 2.27 bits per heavy atom. The number of aromatic nitrogens is 2. The third-order valence-corrected chi connectivity index (χ3v) is 2.52. The molecule has 0 spiro atoms. The first-order valence-electron chi connectivity index (χ1n) is 4.85. The van der Waals surface area contributed by atoms with Gasteiger partial charge < -0.3 is 21.3 Å². The molecule has 0 aliphatic carbocycles. The number of aliphatic hydroxyl groups is 1. The van der Waals surface area contributed by atoms with E-state index in [4.69, 9.17) is 21.3 Å². The van der Waals surface area contributed by atoms with Crippen LogP contribution in [0.5, 0.6) is 0 Å². The maximum atomic E-state index is 8.94. The molecule has 0 unspecified atom stereocenters. The highest BCUT2D eigenvalue weighted by Crippen LogP contribution is 2.34. The molecule has 1 aliphatic heterocycles. The van der Waals surface area contributed by atoms with Gasteiger partial charge >= 0.3 is 0 Å². The Labute approximate surface area is 87.3 Å². The molecule has 1 saturated heterocycles. The molecule has 15 heavy (non-hydrogen) atoms. The van der Waals surface area contributed by atoms with Gasteiger partial charge in [-0.3, -0.25) is 0 Å². The van der Waals surface area contributed by atoms with Crippen LogP contribution in [-0.2, 0) is 4.74 Å². The molecular weight excluding hydrogens is 196 g/mol. The number of nitrogens with two attached hydrogens (primary N) is 2. The van der Waals surface area contributed by atoms with Gasteiger partial charge in [0.15, 0.2) is 0 Å². The number of nitrogens with zero attached hydrogens (tertiary/aromatic N) is 2. The van der Waals surface area contributed by atoms with Gasteiger partial charge in [-0.05, 0) is 12.8 Å². The Hall–Kier alpha value is -1.40. The Morgan fingerprint density at radius 1 is 1.47 bits per heavy atom. The SMILES string of the molecule is Nc1ncc([C@H]2CC[C@@H](CO)O2)c(N)n1. The fraction of sp³-hybridized carbons (Fsp3) is 0.556. The lowest BCUT2D eigenvalue weighted by Crippen LogP contribution is -2.12. The van der Waals surface area contributed by atoms with Crippen LogP contribution < -0.4 is 11.5 Å². The summed E-state index contributed by atoms with van der Waals surface area (Å²) in [5, 5.41) is 8.94. The fourth-order valence-corrected chi connectivity index (χ4v) is 1.74. The van der Waals surface area contributed by atoms with Crippen LogP contribution in [-0.4, -0.2) is 27.8 Å². The Morgan fingerprint density at radius 3 is 2.87 bits per heavy atom. The number of aliphatic hydroxyl groups excluding tert-OH is 1. The molecule has 1 fully saturated rings. The maximum absolute atomic E-state index is 8.94. The Balaban J connectivity index is 2.17. The van der Waals surface area contributed by atoms with Gasteiger partial charge in [-0.2, -0.15) is 4.98 Å². The van der Waals surface area contributed by atoms with Crippen molar-refractivity contribution >= 4 is 11.8 Å². The molecule has 2 atom stereocenters. The first kappa shape index (κ1) is 10.1. The minimum Gasteiger partial charge on any atom is -0.394 e. The molecule has 82 valence electrons. The Bertz CT molecular complexity index is 358. The minimum atomic E-state index is -0.122. The van der Waals surface area contributed by atoms with Crippen LogP contribution in [0.1, 0.15) is 24.5 Å². The third-order valence-electron chi connectivity index (χ3n) is 2.52. The molecule has 0 aromatic carbocycles. The van der Waals surface area contributed by atoms with Crippen molar-refractivity contribution in [2.24, 2.45) is 0 Å². The molecule has 5 N–H and O–H groups in total. The number of anilines is 2. The van der Waals surface area contributed by atoms with Gasteiger partial charge in [-0.15, -0.1) is 0 Å². The zero-order valence-electron chi connectivity index (χ0n) is 8.26. The van der Waals surface area contributed by atoms with Crippen molar-refractivity contribution < 1.29 is 9.84 Å². The number of hydrogen-bond donors (Lipinski definition) is 3. The summed E-state index contributed by atoms with van der Waals surface area (Å²) in [6.07, 6.45) is 3.00. The van der Waals surface area contributed by atoms with Crippen LogP contribution in [0.3, 0.4) is 0 Å². The van der Waals surface area contributed by atoms with Crippen molar-refractivity contribution in [2.75, 3.05) is 18.1 Å². The van der Waals surface area contributed by atoms with Gasteiger partial charge in [0.1, 0.15) is 5.82 Å². The Kier molecular flexibility index (Phi) is 2.70. The molecule has 0 radical (unpaired) electrons. The van der Waals surface area contributed by atoms with Crippen molar-refractivity contribution in [3.8, 4) is 0 Å². The summed E-state index contributed by atoms with van der Waals surface area (Å²) in [7, 11) is 0. The van der Waals surface area contributed by atoms with Gasteiger partial charge in [-0.1, -0.05) is 0 Å². The van der Waals surface area contributed by atoms with Crippen molar-refractivity contribution in [3.63, 3.8) is 0 Å².